The zero-order valence-electron chi connectivity index (χ0n) is 12.9. The van der Waals surface area contributed by atoms with Gasteiger partial charge in [-0.05, 0) is 23.8 Å². The van der Waals surface area contributed by atoms with Crippen LogP contribution in [-0.2, 0) is 4.74 Å². The minimum atomic E-state index is -0.110. The number of ether oxygens (including phenoxy) is 1. The second-order valence-corrected chi connectivity index (χ2v) is 6.70. The van der Waals surface area contributed by atoms with Crippen molar-refractivity contribution >= 4 is 32.7 Å². The molecule has 1 unspecified atom stereocenters. The van der Waals surface area contributed by atoms with Crippen LogP contribution >= 0.6 is 15.9 Å². The first-order chi connectivity index (χ1) is 11.7. The van der Waals surface area contributed by atoms with Crippen LogP contribution in [0.15, 0.2) is 53.0 Å². The highest BCUT2D eigenvalue weighted by Gasteiger charge is 2.28. The molecule has 3 aromatic rings. The summed E-state index contributed by atoms with van der Waals surface area (Å²) in [5.74, 6) is -0.0575. The summed E-state index contributed by atoms with van der Waals surface area (Å²) in [6, 6.07) is 15.7. The molecule has 1 saturated heterocycles. The van der Waals surface area contributed by atoms with Crippen LogP contribution in [0.3, 0.4) is 0 Å². The lowest BCUT2D eigenvalue weighted by Crippen LogP contribution is -2.42. The van der Waals surface area contributed by atoms with Crippen molar-refractivity contribution in [1.82, 2.24) is 15.1 Å². The molecule has 1 aromatic heterocycles. The molecule has 4 rings (SSSR count). The van der Waals surface area contributed by atoms with Crippen molar-refractivity contribution < 1.29 is 9.53 Å². The molecule has 1 aliphatic rings. The maximum atomic E-state index is 12.9. The van der Waals surface area contributed by atoms with Gasteiger partial charge in [-0.3, -0.25) is 9.89 Å². The van der Waals surface area contributed by atoms with Crippen LogP contribution in [0.25, 0.3) is 10.9 Å². The summed E-state index contributed by atoms with van der Waals surface area (Å²) in [4.78, 5) is 14.7. The summed E-state index contributed by atoms with van der Waals surface area (Å²) in [5.41, 5.74) is 2.42. The predicted octanol–water partition coefficient (Wildman–Crippen LogP) is 3.54. The molecule has 1 aliphatic heterocycles. The Balaban J connectivity index is 1.57. The Morgan fingerprint density at radius 3 is 2.83 bits per heavy atom. The number of benzene rings is 2. The maximum Gasteiger partial charge on any atom is 0.275 e. The Kier molecular flexibility index (Phi) is 4.08. The van der Waals surface area contributed by atoms with E-state index in [1.54, 1.807) is 0 Å². The topological polar surface area (TPSA) is 58.2 Å². The molecule has 0 spiro atoms. The smallest absolute Gasteiger partial charge is 0.275 e. The van der Waals surface area contributed by atoms with Gasteiger partial charge in [0.15, 0.2) is 5.69 Å². The highest BCUT2D eigenvalue weighted by molar-refractivity contribution is 9.10. The van der Waals surface area contributed by atoms with Gasteiger partial charge in [0, 0.05) is 16.4 Å². The second kappa shape index (κ2) is 6.37. The maximum absolute atomic E-state index is 12.9. The monoisotopic (exact) mass is 385 g/mol. The van der Waals surface area contributed by atoms with E-state index < -0.39 is 0 Å². The van der Waals surface area contributed by atoms with E-state index in [2.05, 4.69) is 26.1 Å². The van der Waals surface area contributed by atoms with Crippen molar-refractivity contribution in [2.75, 3.05) is 19.7 Å². The zero-order valence-corrected chi connectivity index (χ0v) is 14.5. The molecule has 24 heavy (non-hydrogen) atoms. The summed E-state index contributed by atoms with van der Waals surface area (Å²) in [6.45, 7) is 1.63. The first-order valence-electron chi connectivity index (χ1n) is 7.82. The number of carbonyl (C=O) groups is 1. The van der Waals surface area contributed by atoms with E-state index in [4.69, 9.17) is 4.74 Å². The molecular formula is C18H16BrN3O2. The van der Waals surface area contributed by atoms with Gasteiger partial charge in [0.05, 0.1) is 18.7 Å². The highest BCUT2D eigenvalue weighted by Crippen LogP contribution is 2.25. The third kappa shape index (κ3) is 2.83. The van der Waals surface area contributed by atoms with Crippen molar-refractivity contribution in [2.45, 2.75) is 6.10 Å². The van der Waals surface area contributed by atoms with Crippen LogP contribution in [0.1, 0.15) is 22.2 Å². The van der Waals surface area contributed by atoms with Crippen molar-refractivity contribution in [2.24, 2.45) is 0 Å². The fourth-order valence-corrected chi connectivity index (χ4v) is 3.25. The number of H-pyrrole nitrogens is 1. The largest absolute Gasteiger partial charge is 0.370 e. The molecule has 2 aromatic carbocycles. The molecular weight excluding hydrogens is 370 g/mol. The number of hydrogen-bond acceptors (Lipinski definition) is 3. The van der Waals surface area contributed by atoms with E-state index in [9.17, 15) is 4.79 Å². The van der Waals surface area contributed by atoms with E-state index >= 15 is 0 Å². The minimum Gasteiger partial charge on any atom is -0.370 e. The lowest BCUT2D eigenvalue weighted by Gasteiger charge is -2.32. The van der Waals surface area contributed by atoms with Crippen molar-refractivity contribution in [3.05, 3.63) is 64.3 Å². The molecule has 1 N–H and O–H groups in total. The third-order valence-electron chi connectivity index (χ3n) is 4.27. The second-order valence-electron chi connectivity index (χ2n) is 5.78. The Labute approximate surface area is 147 Å². The van der Waals surface area contributed by atoms with E-state index in [-0.39, 0.29) is 12.0 Å². The first-order valence-corrected chi connectivity index (χ1v) is 8.61. The van der Waals surface area contributed by atoms with Gasteiger partial charge in [-0.2, -0.15) is 5.10 Å². The van der Waals surface area contributed by atoms with E-state index in [0.29, 0.717) is 25.4 Å². The Bertz CT molecular complexity index is 875. The van der Waals surface area contributed by atoms with Crippen LogP contribution < -0.4 is 0 Å². The molecule has 5 nitrogen and oxygen atoms in total. The SMILES string of the molecule is O=C(c1n[nH]c2ccccc12)N1CCOC(c2ccc(Br)cc2)C1. The van der Waals surface area contributed by atoms with Crippen LogP contribution in [0.4, 0.5) is 0 Å². The van der Waals surface area contributed by atoms with Crippen LogP contribution in [0, 0.1) is 0 Å². The summed E-state index contributed by atoms with van der Waals surface area (Å²) in [5, 5.41) is 8.00. The van der Waals surface area contributed by atoms with Gasteiger partial charge in [-0.1, -0.05) is 46.3 Å². The van der Waals surface area contributed by atoms with Crippen LogP contribution in [0.2, 0.25) is 0 Å². The first kappa shape index (κ1) is 15.4. The molecule has 1 atom stereocenters. The number of hydrogen-bond donors (Lipinski definition) is 1. The number of amides is 1. The molecule has 1 amide bonds. The Hall–Kier alpha value is -2.18. The fourth-order valence-electron chi connectivity index (χ4n) is 2.99. The average Bonchev–Trinajstić information content (AvgIpc) is 3.06. The van der Waals surface area contributed by atoms with Crippen LogP contribution in [-0.4, -0.2) is 40.7 Å². The van der Waals surface area contributed by atoms with Gasteiger partial charge < -0.3 is 9.64 Å². The Morgan fingerprint density at radius 2 is 2.00 bits per heavy atom. The molecule has 0 saturated carbocycles. The third-order valence-corrected chi connectivity index (χ3v) is 4.80. The summed E-state index contributed by atoms with van der Waals surface area (Å²) >= 11 is 3.44. The normalized spacial score (nSPS) is 18.0. The highest BCUT2D eigenvalue weighted by atomic mass is 79.9. The Morgan fingerprint density at radius 1 is 1.21 bits per heavy atom. The molecule has 0 radical (unpaired) electrons. The number of aromatic nitrogens is 2. The molecule has 6 heteroatoms. The molecule has 0 bridgehead atoms. The number of para-hydroxylation sites is 1. The van der Waals surface area contributed by atoms with Crippen LogP contribution in [0.5, 0.6) is 0 Å². The van der Waals surface area contributed by atoms with Gasteiger partial charge in [0.2, 0.25) is 0 Å². The molecule has 1 fully saturated rings. The summed E-state index contributed by atoms with van der Waals surface area (Å²) in [7, 11) is 0. The number of fused-ring (bicyclic) bond motifs is 1. The minimum absolute atomic E-state index is 0.0575. The molecule has 122 valence electrons. The quantitative estimate of drug-likeness (QED) is 0.733. The number of halogens is 1. The molecule has 0 aliphatic carbocycles. The number of nitrogens with zero attached hydrogens (tertiary/aromatic N) is 2. The van der Waals surface area contributed by atoms with E-state index in [1.807, 2.05) is 53.4 Å². The zero-order chi connectivity index (χ0) is 16.5. The summed E-state index contributed by atoms with van der Waals surface area (Å²) in [6.07, 6.45) is -0.110. The number of carbonyl (C=O) groups excluding carboxylic acids is 1. The van der Waals surface area contributed by atoms with E-state index in [0.717, 1.165) is 20.9 Å². The van der Waals surface area contributed by atoms with E-state index in [1.165, 1.54) is 0 Å². The predicted molar refractivity (Wildman–Crippen MR) is 94.8 cm³/mol. The van der Waals surface area contributed by atoms with Gasteiger partial charge in [0.1, 0.15) is 6.10 Å². The lowest BCUT2D eigenvalue weighted by atomic mass is 10.1. The van der Waals surface area contributed by atoms with Gasteiger partial charge in [-0.15, -0.1) is 0 Å². The summed E-state index contributed by atoms with van der Waals surface area (Å²) < 4.78 is 6.88. The van der Waals surface area contributed by atoms with Gasteiger partial charge in [-0.25, -0.2) is 0 Å². The molecule has 2 heterocycles. The number of morpholine rings is 1. The van der Waals surface area contributed by atoms with Crippen molar-refractivity contribution in [3.8, 4) is 0 Å². The number of rotatable bonds is 2. The van der Waals surface area contributed by atoms with Gasteiger partial charge in [0.25, 0.3) is 5.91 Å². The fraction of sp³-hybridized carbons (Fsp3) is 0.222. The number of nitrogens with one attached hydrogen (secondary N) is 1. The average molecular weight is 386 g/mol. The standard InChI is InChI=1S/C18H16BrN3O2/c19-13-7-5-12(6-8-13)16-11-22(9-10-24-16)18(23)17-14-3-1-2-4-15(14)20-21-17/h1-8,16H,9-11H2,(H,20,21). The number of aromatic amines is 1. The lowest BCUT2D eigenvalue weighted by molar-refractivity contribution is -0.0229. The van der Waals surface area contributed by atoms with Crippen molar-refractivity contribution in [3.63, 3.8) is 0 Å². The van der Waals surface area contributed by atoms with Crippen molar-refractivity contribution in [1.29, 1.82) is 0 Å². The van der Waals surface area contributed by atoms with Gasteiger partial charge >= 0.3 is 0 Å².